The van der Waals surface area contributed by atoms with Gasteiger partial charge in [-0.2, -0.15) is 4.31 Å². The molecule has 1 N–H and O–H groups in total. The van der Waals surface area contributed by atoms with Crippen LogP contribution in [-0.2, 0) is 21.8 Å². The zero-order valence-corrected chi connectivity index (χ0v) is 20.0. The smallest absolute Gasteiger partial charge is 0.252 e. The Hall–Kier alpha value is -3.08. The fraction of sp³-hybridized carbons (Fsp3) is 0.333. The Bertz CT molecular complexity index is 1270. The van der Waals surface area contributed by atoms with Gasteiger partial charge in [0, 0.05) is 38.1 Å². The van der Waals surface area contributed by atoms with Crippen LogP contribution in [-0.4, -0.2) is 53.5 Å². The van der Waals surface area contributed by atoms with E-state index in [1.165, 1.54) is 40.7 Å². The van der Waals surface area contributed by atoms with Crippen LogP contribution in [0.15, 0.2) is 65.8 Å². The van der Waals surface area contributed by atoms with E-state index < -0.39 is 27.8 Å². The molecule has 1 aliphatic rings. The van der Waals surface area contributed by atoms with Gasteiger partial charge in [0.25, 0.3) is 5.91 Å². The van der Waals surface area contributed by atoms with Crippen LogP contribution in [0.4, 0.5) is 4.39 Å². The van der Waals surface area contributed by atoms with Crippen LogP contribution < -0.4 is 5.32 Å². The fourth-order valence-electron chi connectivity index (χ4n) is 4.11. The molecule has 34 heavy (non-hydrogen) atoms. The number of rotatable bonds is 6. The van der Waals surface area contributed by atoms with Crippen LogP contribution in [0.1, 0.15) is 41.6 Å². The number of imidazole rings is 1. The van der Waals surface area contributed by atoms with Crippen molar-refractivity contribution in [2.24, 2.45) is 7.05 Å². The van der Waals surface area contributed by atoms with Gasteiger partial charge >= 0.3 is 0 Å². The number of nitrogens with zero attached hydrogens (tertiary/aromatic N) is 3. The summed E-state index contributed by atoms with van der Waals surface area (Å²) in [5, 5.41) is 2.89. The van der Waals surface area contributed by atoms with E-state index in [0.717, 1.165) is 0 Å². The van der Waals surface area contributed by atoms with Crippen LogP contribution in [0.5, 0.6) is 0 Å². The zero-order chi connectivity index (χ0) is 24.5. The first kappa shape index (κ1) is 24.1. The summed E-state index contributed by atoms with van der Waals surface area (Å²) in [5.74, 6) is -0.323. The predicted molar refractivity (Wildman–Crippen MR) is 124 cm³/mol. The van der Waals surface area contributed by atoms with Crippen molar-refractivity contribution in [3.8, 4) is 0 Å². The standard InChI is InChI=1S/C24H27FN4O4S/c1-16-14-29(15-17(2)33-16)34(31,32)21-9-7-18(8-10-21)24(30)27-22(23-26-11-12-28(23)3)19-5-4-6-20(25)13-19/h4-13,16-17,22H,14-15H2,1-3H3,(H,27,30)/t16-,17+,22-/m0/s1. The Labute approximate surface area is 198 Å². The van der Waals surface area contributed by atoms with Crippen LogP contribution in [0.25, 0.3) is 0 Å². The van der Waals surface area contributed by atoms with E-state index in [0.29, 0.717) is 11.4 Å². The van der Waals surface area contributed by atoms with Crippen molar-refractivity contribution in [2.45, 2.75) is 37.0 Å². The van der Waals surface area contributed by atoms with E-state index in [2.05, 4.69) is 10.3 Å². The maximum atomic E-state index is 13.9. The Morgan fingerprint density at radius 1 is 1.15 bits per heavy atom. The summed E-state index contributed by atoms with van der Waals surface area (Å²) >= 11 is 0. The molecule has 10 heteroatoms. The number of sulfonamides is 1. The second-order valence-corrected chi connectivity index (χ2v) is 10.4. The van der Waals surface area contributed by atoms with Crippen molar-refractivity contribution in [2.75, 3.05) is 13.1 Å². The van der Waals surface area contributed by atoms with E-state index in [4.69, 9.17) is 4.74 Å². The van der Waals surface area contributed by atoms with Gasteiger partial charge < -0.3 is 14.6 Å². The number of halogens is 1. The Morgan fingerprint density at radius 3 is 2.41 bits per heavy atom. The van der Waals surface area contributed by atoms with Gasteiger partial charge in [-0.3, -0.25) is 4.79 Å². The molecule has 1 saturated heterocycles. The molecular weight excluding hydrogens is 459 g/mol. The first-order valence-corrected chi connectivity index (χ1v) is 12.4. The van der Waals surface area contributed by atoms with E-state index in [1.54, 1.807) is 36.1 Å². The number of nitrogens with one attached hydrogen (secondary N) is 1. The van der Waals surface area contributed by atoms with Gasteiger partial charge in [-0.25, -0.2) is 17.8 Å². The minimum absolute atomic E-state index is 0.108. The SMILES string of the molecule is C[C@@H]1CN(S(=O)(=O)c2ccc(C(=O)N[C@@H](c3cccc(F)c3)c3nccn3C)cc2)C[C@H](C)O1. The number of aryl methyl sites for hydroxylation is 1. The van der Waals surface area contributed by atoms with Gasteiger partial charge in [-0.1, -0.05) is 12.1 Å². The number of morpholine rings is 1. The molecule has 8 nitrogen and oxygen atoms in total. The Balaban J connectivity index is 1.56. The molecule has 1 fully saturated rings. The lowest BCUT2D eigenvalue weighted by atomic mass is 10.0. The Kier molecular flexibility index (Phi) is 6.83. The molecule has 0 aliphatic carbocycles. The third kappa shape index (κ3) is 5.03. The van der Waals surface area contributed by atoms with E-state index in [9.17, 15) is 17.6 Å². The highest BCUT2D eigenvalue weighted by molar-refractivity contribution is 7.89. The number of amides is 1. The van der Waals surface area contributed by atoms with Crippen molar-refractivity contribution in [3.05, 3.63) is 83.7 Å². The molecule has 3 atom stereocenters. The molecule has 0 saturated carbocycles. The van der Waals surface area contributed by atoms with Gasteiger partial charge in [0.15, 0.2) is 0 Å². The molecule has 2 heterocycles. The minimum Gasteiger partial charge on any atom is -0.373 e. The molecule has 2 aromatic carbocycles. The third-order valence-electron chi connectivity index (χ3n) is 5.71. The second kappa shape index (κ2) is 9.65. The molecule has 0 unspecified atom stereocenters. The predicted octanol–water partition coefficient (Wildman–Crippen LogP) is 2.88. The first-order chi connectivity index (χ1) is 16.1. The summed E-state index contributed by atoms with van der Waals surface area (Å²) in [5.41, 5.74) is 0.815. The van der Waals surface area contributed by atoms with Crippen LogP contribution in [0.3, 0.4) is 0 Å². The second-order valence-electron chi connectivity index (χ2n) is 8.46. The fourth-order valence-corrected chi connectivity index (χ4v) is 5.70. The third-order valence-corrected chi connectivity index (χ3v) is 7.56. The number of benzene rings is 2. The quantitative estimate of drug-likeness (QED) is 0.578. The number of carbonyl (C=O) groups is 1. The largest absolute Gasteiger partial charge is 0.373 e. The molecule has 1 amide bonds. The molecule has 0 bridgehead atoms. The van der Waals surface area contributed by atoms with E-state index in [-0.39, 0.29) is 35.8 Å². The summed E-state index contributed by atoms with van der Waals surface area (Å²) in [4.78, 5) is 17.5. The van der Waals surface area contributed by atoms with E-state index in [1.807, 2.05) is 13.8 Å². The van der Waals surface area contributed by atoms with Crippen molar-refractivity contribution in [1.82, 2.24) is 19.2 Å². The highest BCUT2D eigenvalue weighted by atomic mass is 32.2. The lowest BCUT2D eigenvalue weighted by Gasteiger charge is -2.34. The summed E-state index contributed by atoms with van der Waals surface area (Å²) < 4.78 is 48.8. The molecule has 0 radical (unpaired) electrons. The first-order valence-electron chi connectivity index (χ1n) is 10.9. The summed E-state index contributed by atoms with van der Waals surface area (Å²) in [6.45, 7) is 4.21. The lowest BCUT2D eigenvalue weighted by Crippen LogP contribution is -2.48. The normalized spacial score (nSPS) is 20.1. The number of hydrogen-bond donors (Lipinski definition) is 1. The van der Waals surface area contributed by atoms with Gasteiger partial charge in [0.05, 0.1) is 17.1 Å². The number of hydrogen-bond acceptors (Lipinski definition) is 5. The molecule has 4 rings (SSSR count). The van der Waals surface area contributed by atoms with Crippen molar-refractivity contribution in [3.63, 3.8) is 0 Å². The van der Waals surface area contributed by atoms with Gasteiger partial charge in [-0.05, 0) is 55.8 Å². The van der Waals surface area contributed by atoms with Crippen molar-refractivity contribution in [1.29, 1.82) is 0 Å². The van der Waals surface area contributed by atoms with Gasteiger partial charge in [-0.15, -0.1) is 0 Å². The van der Waals surface area contributed by atoms with Crippen LogP contribution in [0, 0.1) is 5.82 Å². The topological polar surface area (TPSA) is 93.5 Å². The van der Waals surface area contributed by atoms with Crippen LogP contribution >= 0.6 is 0 Å². The molecule has 180 valence electrons. The summed E-state index contributed by atoms with van der Waals surface area (Å²) in [6.07, 6.45) is 2.94. The molecule has 0 spiro atoms. The lowest BCUT2D eigenvalue weighted by molar-refractivity contribution is -0.0440. The zero-order valence-electron chi connectivity index (χ0n) is 19.2. The van der Waals surface area contributed by atoms with Crippen LogP contribution in [0.2, 0.25) is 0 Å². The molecule has 3 aromatic rings. The highest BCUT2D eigenvalue weighted by Gasteiger charge is 2.32. The monoisotopic (exact) mass is 486 g/mol. The van der Waals surface area contributed by atoms with Gasteiger partial charge in [0.2, 0.25) is 10.0 Å². The Morgan fingerprint density at radius 2 is 1.82 bits per heavy atom. The molecular formula is C24H27FN4O4S. The molecule has 1 aromatic heterocycles. The number of carbonyl (C=O) groups excluding carboxylic acids is 1. The molecule has 1 aliphatic heterocycles. The minimum atomic E-state index is -3.72. The maximum absolute atomic E-state index is 13.9. The average molecular weight is 487 g/mol. The summed E-state index contributed by atoms with van der Waals surface area (Å²) in [6, 6.07) is 11.0. The van der Waals surface area contributed by atoms with E-state index >= 15 is 0 Å². The number of aromatic nitrogens is 2. The maximum Gasteiger partial charge on any atom is 0.252 e. The van der Waals surface area contributed by atoms with Crippen molar-refractivity contribution >= 4 is 15.9 Å². The summed E-state index contributed by atoms with van der Waals surface area (Å²) in [7, 11) is -1.93. The van der Waals surface area contributed by atoms with Crippen molar-refractivity contribution < 1.29 is 22.3 Å². The van der Waals surface area contributed by atoms with Gasteiger partial charge in [0.1, 0.15) is 17.7 Å². The highest BCUT2D eigenvalue weighted by Crippen LogP contribution is 2.24. The average Bonchev–Trinajstić information content (AvgIpc) is 3.22. The number of ether oxygens (including phenoxy) is 1.